The van der Waals surface area contributed by atoms with Crippen LogP contribution >= 0.6 is 0 Å². The lowest BCUT2D eigenvalue weighted by atomic mass is 9.88. The van der Waals surface area contributed by atoms with E-state index in [4.69, 9.17) is 4.52 Å². The van der Waals surface area contributed by atoms with Gasteiger partial charge in [0.25, 0.3) is 0 Å². The molecule has 0 spiro atoms. The number of hydrogen-bond acceptors (Lipinski definition) is 2. The van der Waals surface area contributed by atoms with Gasteiger partial charge in [-0.3, -0.25) is 0 Å². The number of aromatic nitrogens is 1. The van der Waals surface area contributed by atoms with Crippen molar-refractivity contribution in [2.45, 2.75) is 34.6 Å². The number of rotatable bonds is 1. The minimum absolute atomic E-state index is 0.891. The first-order valence-electron chi connectivity index (χ1n) is 6.94. The first-order valence-corrected chi connectivity index (χ1v) is 6.94. The fourth-order valence-electron chi connectivity index (χ4n) is 2.91. The van der Waals surface area contributed by atoms with Crippen LogP contribution in [0.2, 0.25) is 0 Å². The van der Waals surface area contributed by atoms with E-state index in [1.54, 1.807) is 0 Å². The highest BCUT2D eigenvalue weighted by Crippen LogP contribution is 2.37. The van der Waals surface area contributed by atoms with E-state index in [1.165, 1.54) is 33.4 Å². The van der Waals surface area contributed by atoms with Crippen LogP contribution in [0.5, 0.6) is 0 Å². The molecule has 2 heteroatoms. The van der Waals surface area contributed by atoms with Crippen LogP contribution in [0, 0.1) is 34.6 Å². The van der Waals surface area contributed by atoms with Gasteiger partial charge in [0.05, 0.1) is 0 Å². The molecule has 0 radical (unpaired) electrons. The van der Waals surface area contributed by atoms with Gasteiger partial charge in [0.2, 0.25) is 0 Å². The number of nitrogens with zero attached hydrogens (tertiary/aromatic N) is 1. The molecule has 0 amide bonds. The highest BCUT2D eigenvalue weighted by Gasteiger charge is 2.19. The Morgan fingerprint density at radius 2 is 1.30 bits per heavy atom. The molecule has 2 aromatic carbocycles. The molecule has 0 atom stereocenters. The van der Waals surface area contributed by atoms with Gasteiger partial charge in [-0.15, -0.1) is 0 Å². The van der Waals surface area contributed by atoms with Crippen LogP contribution in [0.4, 0.5) is 0 Å². The summed E-state index contributed by atoms with van der Waals surface area (Å²) >= 11 is 0. The molecule has 20 heavy (non-hydrogen) atoms. The Labute approximate surface area is 119 Å². The monoisotopic (exact) mass is 265 g/mol. The average Bonchev–Trinajstić information content (AvgIpc) is 2.87. The van der Waals surface area contributed by atoms with Gasteiger partial charge in [0.1, 0.15) is 5.52 Å². The lowest BCUT2D eigenvalue weighted by molar-refractivity contribution is 0.440. The summed E-state index contributed by atoms with van der Waals surface area (Å²) in [5.41, 5.74) is 8.72. The molecule has 0 saturated heterocycles. The molecule has 0 aliphatic carbocycles. The standard InChI is InChI=1S/C18H19NO/c1-10-11(2)13(4)17(14(5)12(10)3)18-15-8-6-7-9-16(15)19-20-18/h6-9H,1-5H3. The van der Waals surface area contributed by atoms with E-state index in [0.717, 1.165) is 16.7 Å². The molecule has 3 aromatic rings. The zero-order valence-corrected chi connectivity index (χ0v) is 12.7. The third kappa shape index (κ3) is 1.68. The molecule has 0 N–H and O–H groups in total. The van der Waals surface area contributed by atoms with Crippen molar-refractivity contribution in [2.24, 2.45) is 0 Å². The van der Waals surface area contributed by atoms with Crippen molar-refractivity contribution in [1.82, 2.24) is 5.16 Å². The Morgan fingerprint density at radius 3 is 1.95 bits per heavy atom. The molecular weight excluding hydrogens is 246 g/mol. The lowest BCUT2D eigenvalue weighted by Crippen LogP contribution is -1.99. The third-order valence-electron chi connectivity index (χ3n) is 4.61. The normalized spacial score (nSPS) is 11.2. The molecule has 1 aromatic heterocycles. The highest BCUT2D eigenvalue weighted by atomic mass is 16.5. The second kappa shape index (κ2) is 4.48. The van der Waals surface area contributed by atoms with Gasteiger partial charge in [-0.2, -0.15) is 0 Å². The van der Waals surface area contributed by atoms with Gasteiger partial charge in [-0.05, 0) is 74.6 Å². The first-order chi connectivity index (χ1) is 9.52. The molecule has 0 bridgehead atoms. The number of fused-ring (bicyclic) bond motifs is 1. The van der Waals surface area contributed by atoms with E-state index in [2.05, 4.69) is 45.8 Å². The fourth-order valence-corrected chi connectivity index (χ4v) is 2.91. The maximum absolute atomic E-state index is 5.66. The van der Waals surface area contributed by atoms with Crippen LogP contribution in [-0.4, -0.2) is 5.16 Å². The Morgan fingerprint density at radius 1 is 0.750 bits per heavy atom. The largest absolute Gasteiger partial charge is 0.355 e. The minimum atomic E-state index is 0.891. The molecule has 0 unspecified atom stereocenters. The summed E-state index contributed by atoms with van der Waals surface area (Å²) in [6.45, 7) is 10.9. The second-order valence-corrected chi connectivity index (χ2v) is 5.53. The molecule has 2 nitrogen and oxygen atoms in total. The third-order valence-corrected chi connectivity index (χ3v) is 4.61. The zero-order chi connectivity index (χ0) is 14.4. The van der Waals surface area contributed by atoms with Gasteiger partial charge in [-0.25, -0.2) is 0 Å². The maximum atomic E-state index is 5.66. The van der Waals surface area contributed by atoms with Crippen molar-refractivity contribution in [3.63, 3.8) is 0 Å². The SMILES string of the molecule is Cc1c(C)c(C)c(-c2onc3ccccc23)c(C)c1C. The summed E-state index contributed by atoms with van der Waals surface area (Å²) in [4.78, 5) is 0. The van der Waals surface area contributed by atoms with Crippen LogP contribution in [0.25, 0.3) is 22.2 Å². The molecular formula is C18H19NO. The summed E-state index contributed by atoms with van der Waals surface area (Å²) < 4.78 is 5.66. The van der Waals surface area contributed by atoms with Gasteiger partial charge in [0, 0.05) is 10.9 Å². The van der Waals surface area contributed by atoms with Crippen molar-refractivity contribution >= 4 is 10.9 Å². The minimum Gasteiger partial charge on any atom is -0.355 e. The fraction of sp³-hybridized carbons (Fsp3) is 0.278. The summed E-state index contributed by atoms with van der Waals surface area (Å²) in [6.07, 6.45) is 0. The zero-order valence-electron chi connectivity index (χ0n) is 12.7. The van der Waals surface area contributed by atoms with Crippen LogP contribution in [0.1, 0.15) is 27.8 Å². The highest BCUT2D eigenvalue weighted by molar-refractivity contribution is 5.93. The quantitative estimate of drug-likeness (QED) is 0.616. The smallest absolute Gasteiger partial charge is 0.175 e. The lowest BCUT2D eigenvalue weighted by Gasteiger charge is -2.17. The summed E-state index contributed by atoms with van der Waals surface area (Å²) in [6, 6.07) is 8.08. The van der Waals surface area contributed by atoms with Crippen molar-refractivity contribution in [3.8, 4) is 11.3 Å². The van der Waals surface area contributed by atoms with Gasteiger partial charge in [0.15, 0.2) is 5.76 Å². The van der Waals surface area contributed by atoms with Gasteiger partial charge >= 0.3 is 0 Å². The van der Waals surface area contributed by atoms with E-state index >= 15 is 0 Å². The molecule has 0 aliphatic rings. The number of hydrogen-bond donors (Lipinski definition) is 0. The second-order valence-electron chi connectivity index (χ2n) is 5.53. The Kier molecular flexibility index (Phi) is 2.89. The molecule has 1 heterocycles. The molecule has 0 saturated carbocycles. The number of benzene rings is 2. The van der Waals surface area contributed by atoms with Crippen molar-refractivity contribution in [1.29, 1.82) is 0 Å². The van der Waals surface area contributed by atoms with Crippen molar-refractivity contribution < 1.29 is 4.52 Å². The maximum Gasteiger partial charge on any atom is 0.175 e. The Bertz CT molecular complexity index is 783. The average molecular weight is 265 g/mol. The first kappa shape index (κ1) is 12.9. The predicted octanol–water partition coefficient (Wildman–Crippen LogP) is 5.04. The predicted molar refractivity (Wildman–Crippen MR) is 83.1 cm³/mol. The van der Waals surface area contributed by atoms with E-state index in [0.29, 0.717) is 0 Å². The van der Waals surface area contributed by atoms with Crippen molar-refractivity contribution in [3.05, 3.63) is 52.1 Å². The molecule has 0 fully saturated rings. The van der Waals surface area contributed by atoms with Gasteiger partial charge in [-0.1, -0.05) is 17.3 Å². The Balaban J connectivity index is 2.41. The topological polar surface area (TPSA) is 26.0 Å². The van der Waals surface area contributed by atoms with Gasteiger partial charge < -0.3 is 4.52 Å². The molecule has 3 rings (SSSR count). The summed E-state index contributed by atoms with van der Waals surface area (Å²) in [5, 5.41) is 5.27. The van der Waals surface area contributed by atoms with E-state index in [1.807, 2.05) is 18.2 Å². The Hall–Kier alpha value is -2.09. The van der Waals surface area contributed by atoms with Crippen LogP contribution < -0.4 is 0 Å². The van der Waals surface area contributed by atoms with E-state index in [-0.39, 0.29) is 0 Å². The summed E-state index contributed by atoms with van der Waals surface area (Å²) in [5.74, 6) is 0.891. The van der Waals surface area contributed by atoms with Crippen LogP contribution in [-0.2, 0) is 0 Å². The van der Waals surface area contributed by atoms with Crippen molar-refractivity contribution in [2.75, 3.05) is 0 Å². The van der Waals surface area contributed by atoms with E-state index < -0.39 is 0 Å². The van der Waals surface area contributed by atoms with E-state index in [9.17, 15) is 0 Å². The summed E-state index contributed by atoms with van der Waals surface area (Å²) in [7, 11) is 0. The molecule has 102 valence electrons. The molecule has 0 aliphatic heterocycles. The van der Waals surface area contributed by atoms with Crippen LogP contribution in [0.3, 0.4) is 0 Å². The van der Waals surface area contributed by atoms with Crippen LogP contribution in [0.15, 0.2) is 28.8 Å².